The highest BCUT2D eigenvalue weighted by molar-refractivity contribution is 9.10. The van der Waals surface area contributed by atoms with Gasteiger partial charge in [-0.25, -0.2) is 4.79 Å². The first-order valence-electron chi connectivity index (χ1n) is 8.38. The topological polar surface area (TPSA) is 73.5 Å². The molecule has 3 amide bonds. The van der Waals surface area contributed by atoms with Crippen LogP contribution in [0.3, 0.4) is 0 Å². The molecule has 2 aromatic rings. The van der Waals surface area contributed by atoms with Crippen LogP contribution < -0.4 is 20.9 Å². The maximum Gasteiger partial charge on any atom is 0.323 e. The van der Waals surface area contributed by atoms with Crippen molar-refractivity contribution in [2.75, 3.05) is 29.6 Å². The second-order valence-corrected chi connectivity index (χ2v) is 7.38. The van der Waals surface area contributed by atoms with Gasteiger partial charge in [-0.2, -0.15) is 0 Å². The lowest BCUT2D eigenvalue weighted by atomic mass is 10.1. The van der Waals surface area contributed by atoms with E-state index in [0.29, 0.717) is 16.9 Å². The van der Waals surface area contributed by atoms with E-state index < -0.39 is 0 Å². The fraction of sp³-hybridized carbons (Fsp3) is 0.263. The van der Waals surface area contributed by atoms with E-state index in [1.54, 1.807) is 18.2 Å². The van der Waals surface area contributed by atoms with Crippen LogP contribution in [0.5, 0.6) is 0 Å². The molecule has 26 heavy (non-hydrogen) atoms. The number of benzene rings is 2. The minimum absolute atomic E-state index is 0.118. The van der Waals surface area contributed by atoms with Crippen LogP contribution in [0.2, 0.25) is 0 Å². The molecule has 1 fully saturated rings. The molecule has 0 unspecified atom stereocenters. The van der Waals surface area contributed by atoms with Crippen LogP contribution >= 0.6 is 15.9 Å². The molecule has 1 aliphatic rings. The molecule has 1 saturated carbocycles. The van der Waals surface area contributed by atoms with Crippen molar-refractivity contribution in [3.05, 3.63) is 52.5 Å². The van der Waals surface area contributed by atoms with Gasteiger partial charge < -0.3 is 20.9 Å². The van der Waals surface area contributed by atoms with Gasteiger partial charge in [-0.05, 0) is 49.2 Å². The highest BCUT2D eigenvalue weighted by Crippen LogP contribution is 2.25. The van der Waals surface area contributed by atoms with E-state index in [1.165, 1.54) is 0 Å². The molecule has 0 radical (unpaired) electrons. The lowest BCUT2D eigenvalue weighted by molar-refractivity contribution is 0.0951. The fourth-order valence-corrected chi connectivity index (χ4v) is 2.94. The summed E-state index contributed by atoms with van der Waals surface area (Å²) in [6.07, 6.45) is 2.05. The molecule has 3 N–H and O–H groups in total. The molecule has 0 atom stereocenters. The van der Waals surface area contributed by atoms with Gasteiger partial charge in [-0.1, -0.05) is 22.0 Å². The first kappa shape index (κ1) is 18.3. The zero-order valence-electron chi connectivity index (χ0n) is 14.7. The minimum atomic E-state index is -0.366. The Balaban J connectivity index is 1.74. The van der Waals surface area contributed by atoms with E-state index in [2.05, 4.69) is 31.9 Å². The van der Waals surface area contributed by atoms with Crippen LogP contribution in [0.15, 0.2) is 46.9 Å². The number of nitrogens with zero attached hydrogens (tertiary/aromatic N) is 1. The summed E-state index contributed by atoms with van der Waals surface area (Å²) in [5.74, 6) is -0.118. The molecule has 0 bridgehead atoms. The summed E-state index contributed by atoms with van der Waals surface area (Å²) >= 11 is 3.37. The Morgan fingerprint density at radius 3 is 2.35 bits per heavy atom. The van der Waals surface area contributed by atoms with Gasteiger partial charge >= 0.3 is 6.03 Å². The van der Waals surface area contributed by atoms with Crippen LogP contribution in [-0.2, 0) is 0 Å². The molecule has 0 aliphatic heterocycles. The molecule has 0 heterocycles. The van der Waals surface area contributed by atoms with Gasteiger partial charge in [0.15, 0.2) is 0 Å². The average Bonchev–Trinajstić information content (AvgIpc) is 3.38. The number of anilines is 3. The molecular weight excluding hydrogens is 396 g/mol. The van der Waals surface area contributed by atoms with Crippen molar-refractivity contribution in [2.24, 2.45) is 0 Å². The minimum Gasteiger partial charge on any atom is -0.377 e. The number of nitrogens with one attached hydrogen (secondary N) is 3. The Hall–Kier alpha value is -2.54. The first-order chi connectivity index (χ1) is 12.4. The largest absolute Gasteiger partial charge is 0.377 e. The lowest BCUT2D eigenvalue weighted by Crippen LogP contribution is -2.28. The van der Waals surface area contributed by atoms with Crippen molar-refractivity contribution >= 4 is 44.9 Å². The third-order valence-corrected chi connectivity index (χ3v) is 4.47. The van der Waals surface area contributed by atoms with Crippen molar-refractivity contribution in [3.63, 3.8) is 0 Å². The SMILES string of the molecule is CN(C)c1ccc(NC(=O)Nc2cccc(Br)c2)cc1C(=O)NC1CC1. The zero-order chi connectivity index (χ0) is 18.7. The number of amides is 3. The molecule has 1 aliphatic carbocycles. The summed E-state index contributed by atoms with van der Waals surface area (Å²) < 4.78 is 0.879. The number of hydrogen-bond donors (Lipinski definition) is 3. The summed E-state index contributed by atoms with van der Waals surface area (Å²) in [4.78, 5) is 26.6. The Morgan fingerprint density at radius 2 is 1.73 bits per heavy atom. The van der Waals surface area contributed by atoms with Crippen molar-refractivity contribution in [3.8, 4) is 0 Å². The van der Waals surface area contributed by atoms with Crippen molar-refractivity contribution < 1.29 is 9.59 Å². The predicted octanol–water partition coefficient (Wildman–Crippen LogP) is 4.05. The Morgan fingerprint density at radius 1 is 1.04 bits per heavy atom. The second kappa shape index (κ2) is 7.78. The third kappa shape index (κ3) is 4.76. The molecule has 0 spiro atoms. The number of carbonyl (C=O) groups excluding carboxylic acids is 2. The van der Waals surface area contributed by atoms with E-state index >= 15 is 0 Å². The summed E-state index contributed by atoms with van der Waals surface area (Å²) in [5, 5.41) is 8.54. The first-order valence-corrected chi connectivity index (χ1v) is 9.17. The van der Waals surface area contributed by atoms with Gasteiger partial charge in [0.1, 0.15) is 0 Å². The molecule has 0 aromatic heterocycles. The van der Waals surface area contributed by atoms with E-state index in [4.69, 9.17) is 0 Å². The Kier molecular flexibility index (Phi) is 5.46. The predicted molar refractivity (Wildman–Crippen MR) is 108 cm³/mol. The van der Waals surface area contributed by atoms with Crippen LogP contribution in [0.25, 0.3) is 0 Å². The van der Waals surface area contributed by atoms with Gasteiger partial charge in [0, 0.05) is 41.7 Å². The van der Waals surface area contributed by atoms with Gasteiger partial charge in [-0.3, -0.25) is 4.79 Å². The lowest BCUT2D eigenvalue weighted by Gasteiger charge is -2.18. The Bertz CT molecular complexity index is 834. The summed E-state index contributed by atoms with van der Waals surface area (Å²) in [6.45, 7) is 0. The summed E-state index contributed by atoms with van der Waals surface area (Å²) in [7, 11) is 3.77. The van der Waals surface area contributed by atoms with Gasteiger partial charge in [0.05, 0.1) is 5.56 Å². The van der Waals surface area contributed by atoms with Crippen LogP contribution in [0, 0.1) is 0 Å². The number of halogens is 1. The van der Waals surface area contributed by atoms with Crippen molar-refractivity contribution in [1.82, 2.24) is 5.32 Å². The maximum atomic E-state index is 12.5. The molecule has 3 rings (SSSR count). The Labute approximate surface area is 161 Å². The molecule has 6 nitrogen and oxygen atoms in total. The summed E-state index contributed by atoms with van der Waals surface area (Å²) in [5.41, 5.74) is 2.58. The van der Waals surface area contributed by atoms with Gasteiger partial charge in [0.25, 0.3) is 5.91 Å². The van der Waals surface area contributed by atoms with Crippen LogP contribution in [0.4, 0.5) is 21.9 Å². The van der Waals surface area contributed by atoms with Gasteiger partial charge in [-0.15, -0.1) is 0 Å². The van der Waals surface area contributed by atoms with Crippen molar-refractivity contribution in [1.29, 1.82) is 0 Å². The summed E-state index contributed by atoms with van der Waals surface area (Å²) in [6, 6.07) is 12.5. The molecule has 2 aromatic carbocycles. The highest BCUT2D eigenvalue weighted by atomic mass is 79.9. The molecule has 7 heteroatoms. The molecule has 136 valence electrons. The normalized spacial score (nSPS) is 13.0. The quantitative estimate of drug-likeness (QED) is 0.687. The van der Waals surface area contributed by atoms with E-state index in [-0.39, 0.29) is 18.0 Å². The van der Waals surface area contributed by atoms with Crippen LogP contribution in [0.1, 0.15) is 23.2 Å². The maximum absolute atomic E-state index is 12.5. The number of urea groups is 1. The fourth-order valence-electron chi connectivity index (χ4n) is 2.54. The zero-order valence-corrected chi connectivity index (χ0v) is 16.3. The average molecular weight is 417 g/mol. The van der Waals surface area contributed by atoms with E-state index in [0.717, 1.165) is 23.0 Å². The van der Waals surface area contributed by atoms with Crippen LogP contribution in [-0.4, -0.2) is 32.1 Å². The number of carbonyl (C=O) groups is 2. The molecular formula is C19H21BrN4O2. The third-order valence-electron chi connectivity index (χ3n) is 3.98. The number of rotatable bonds is 5. The smallest absolute Gasteiger partial charge is 0.323 e. The van der Waals surface area contributed by atoms with E-state index in [1.807, 2.05) is 43.3 Å². The van der Waals surface area contributed by atoms with Crippen molar-refractivity contribution in [2.45, 2.75) is 18.9 Å². The second-order valence-electron chi connectivity index (χ2n) is 6.46. The van der Waals surface area contributed by atoms with Gasteiger partial charge in [0.2, 0.25) is 0 Å². The molecule has 0 saturated heterocycles. The highest BCUT2D eigenvalue weighted by Gasteiger charge is 2.25. The monoisotopic (exact) mass is 416 g/mol. The standard InChI is InChI=1S/C19H21BrN4O2/c1-24(2)17-9-8-15(11-16(17)18(25)21-13-6-7-13)23-19(26)22-14-5-3-4-12(20)10-14/h3-5,8-11,13H,6-7H2,1-2H3,(H,21,25)(H2,22,23,26). The number of hydrogen-bond acceptors (Lipinski definition) is 3. The van der Waals surface area contributed by atoms with E-state index in [9.17, 15) is 9.59 Å².